The number of hydrogen-bond donors (Lipinski definition) is 4. The molecule has 1 aliphatic carbocycles. The first-order valence-corrected chi connectivity index (χ1v) is 4.57. The van der Waals surface area contributed by atoms with Crippen molar-refractivity contribution in [2.24, 2.45) is 5.73 Å². The lowest BCUT2D eigenvalue weighted by Crippen LogP contribution is -2.42. The van der Waals surface area contributed by atoms with Crippen molar-refractivity contribution in [1.29, 1.82) is 0 Å². The molecule has 0 heterocycles. The van der Waals surface area contributed by atoms with Crippen LogP contribution in [0.1, 0.15) is 12.8 Å². The van der Waals surface area contributed by atoms with Crippen LogP contribution in [0.15, 0.2) is 0 Å². The Labute approximate surface area is 81.8 Å². The summed E-state index contributed by atoms with van der Waals surface area (Å²) in [6.07, 6.45) is 0.842. The number of hydrogen-bond acceptors (Lipinski definition) is 4. The molecule has 2 amide bonds. The number of primary amides is 1. The van der Waals surface area contributed by atoms with Gasteiger partial charge >= 0.3 is 0 Å². The molecule has 1 rings (SSSR count). The summed E-state index contributed by atoms with van der Waals surface area (Å²) < 4.78 is 0. The standard InChI is InChI=1S/C8H15N3O3/c9-8(14)6(12)3-10-4-7(13)11-5-1-2-5/h5-6,10,12H,1-4H2,(H2,9,14)(H,11,13). The molecule has 80 valence electrons. The lowest BCUT2D eigenvalue weighted by molar-refractivity contribution is -0.126. The highest BCUT2D eigenvalue weighted by Crippen LogP contribution is 2.17. The number of carbonyl (C=O) groups is 2. The van der Waals surface area contributed by atoms with Crippen LogP contribution in [0.4, 0.5) is 0 Å². The SMILES string of the molecule is NC(=O)C(O)CNCC(=O)NC1CC1. The lowest BCUT2D eigenvalue weighted by atomic mass is 10.3. The van der Waals surface area contributed by atoms with Gasteiger partial charge in [0.2, 0.25) is 11.8 Å². The smallest absolute Gasteiger partial charge is 0.247 e. The zero-order valence-electron chi connectivity index (χ0n) is 7.82. The zero-order chi connectivity index (χ0) is 10.6. The number of nitrogens with one attached hydrogen (secondary N) is 2. The summed E-state index contributed by atoms with van der Waals surface area (Å²) in [5, 5.41) is 14.4. The second-order valence-electron chi connectivity index (χ2n) is 3.39. The highest BCUT2D eigenvalue weighted by Gasteiger charge is 2.22. The largest absolute Gasteiger partial charge is 0.382 e. The highest BCUT2D eigenvalue weighted by molar-refractivity contribution is 5.80. The molecule has 1 aliphatic rings. The van der Waals surface area contributed by atoms with Crippen LogP contribution in [-0.4, -0.2) is 42.2 Å². The van der Waals surface area contributed by atoms with Crippen LogP contribution in [0.25, 0.3) is 0 Å². The topological polar surface area (TPSA) is 104 Å². The molecule has 0 radical (unpaired) electrons. The predicted octanol–water partition coefficient (Wildman–Crippen LogP) is -2.30. The predicted molar refractivity (Wildman–Crippen MR) is 49.2 cm³/mol. The van der Waals surface area contributed by atoms with E-state index in [1.54, 1.807) is 0 Å². The van der Waals surface area contributed by atoms with E-state index in [4.69, 9.17) is 10.8 Å². The Morgan fingerprint density at radius 2 is 2.14 bits per heavy atom. The van der Waals surface area contributed by atoms with E-state index in [-0.39, 0.29) is 19.0 Å². The summed E-state index contributed by atoms with van der Waals surface area (Å²) in [6.45, 7) is 0.105. The fourth-order valence-electron chi connectivity index (χ4n) is 0.929. The summed E-state index contributed by atoms with van der Waals surface area (Å²) in [5.74, 6) is -0.913. The van der Waals surface area contributed by atoms with E-state index >= 15 is 0 Å². The normalized spacial score (nSPS) is 17.5. The maximum Gasteiger partial charge on any atom is 0.247 e. The molecule has 0 aromatic rings. The highest BCUT2D eigenvalue weighted by atomic mass is 16.3. The molecule has 1 unspecified atom stereocenters. The summed E-state index contributed by atoms with van der Waals surface area (Å²) >= 11 is 0. The first-order valence-electron chi connectivity index (χ1n) is 4.57. The minimum Gasteiger partial charge on any atom is -0.382 e. The molecule has 14 heavy (non-hydrogen) atoms. The first kappa shape index (κ1) is 10.9. The molecule has 0 saturated heterocycles. The van der Waals surface area contributed by atoms with Crippen LogP contribution in [0.5, 0.6) is 0 Å². The van der Waals surface area contributed by atoms with Gasteiger partial charge in [0, 0.05) is 12.6 Å². The van der Waals surface area contributed by atoms with Crippen LogP contribution in [0.3, 0.4) is 0 Å². The number of aliphatic hydroxyl groups excluding tert-OH is 1. The Balaban J connectivity index is 2.01. The third kappa shape index (κ3) is 4.20. The van der Waals surface area contributed by atoms with Crippen molar-refractivity contribution >= 4 is 11.8 Å². The minimum atomic E-state index is -1.23. The third-order valence-corrected chi connectivity index (χ3v) is 1.89. The van der Waals surface area contributed by atoms with Crippen LogP contribution in [-0.2, 0) is 9.59 Å². The van der Waals surface area contributed by atoms with Gasteiger partial charge in [0.1, 0.15) is 6.10 Å². The average Bonchev–Trinajstić information content (AvgIpc) is 2.87. The fraction of sp³-hybridized carbons (Fsp3) is 0.750. The Kier molecular flexibility index (Phi) is 3.84. The van der Waals surface area contributed by atoms with E-state index in [0.717, 1.165) is 12.8 Å². The molecule has 0 aromatic heterocycles. The number of amides is 2. The fourth-order valence-corrected chi connectivity index (χ4v) is 0.929. The van der Waals surface area contributed by atoms with E-state index in [1.807, 2.05) is 0 Å². The van der Waals surface area contributed by atoms with Gasteiger partial charge in [-0.25, -0.2) is 0 Å². The second-order valence-corrected chi connectivity index (χ2v) is 3.39. The van der Waals surface area contributed by atoms with Gasteiger partial charge in [0.15, 0.2) is 0 Å². The Morgan fingerprint density at radius 1 is 1.50 bits per heavy atom. The monoisotopic (exact) mass is 201 g/mol. The molecule has 0 aromatic carbocycles. The molecule has 1 atom stereocenters. The van der Waals surface area contributed by atoms with Gasteiger partial charge in [-0.1, -0.05) is 0 Å². The molecule has 6 nitrogen and oxygen atoms in total. The maximum absolute atomic E-state index is 11.1. The van der Waals surface area contributed by atoms with Crippen molar-refractivity contribution in [3.05, 3.63) is 0 Å². The van der Waals surface area contributed by atoms with Crippen LogP contribution in [0, 0.1) is 0 Å². The molecule has 1 fully saturated rings. The molecule has 6 heteroatoms. The van der Waals surface area contributed by atoms with Crippen molar-refractivity contribution in [2.75, 3.05) is 13.1 Å². The quantitative estimate of drug-likeness (QED) is 0.388. The number of rotatable bonds is 6. The van der Waals surface area contributed by atoms with E-state index in [2.05, 4.69) is 10.6 Å². The van der Waals surface area contributed by atoms with E-state index in [9.17, 15) is 9.59 Å². The molecule has 5 N–H and O–H groups in total. The molecule has 1 saturated carbocycles. The van der Waals surface area contributed by atoms with E-state index in [1.165, 1.54) is 0 Å². The van der Waals surface area contributed by atoms with E-state index in [0.29, 0.717) is 6.04 Å². The van der Waals surface area contributed by atoms with E-state index < -0.39 is 12.0 Å². The van der Waals surface area contributed by atoms with Crippen molar-refractivity contribution in [1.82, 2.24) is 10.6 Å². The summed E-state index contributed by atoms with van der Waals surface area (Å²) in [6, 6.07) is 0.324. The number of carbonyl (C=O) groups excluding carboxylic acids is 2. The second kappa shape index (κ2) is 4.92. The number of aliphatic hydroxyl groups is 1. The van der Waals surface area contributed by atoms with Gasteiger partial charge in [-0.2, -0.15) is 0 Å². The molecule has 0 spiro atoms. The van der Waals surface area contributed by atoms with Crippen LogP contribution >= 0.6 is 0 Å². The van der Waals surface area contributed by atoms with Gasteiger partial charge in [-0.15, -0.1) is 0 Å². The average molecular weight is 201 g/mol. The minimum absolute atomic E-state index is 0.00736. The molecular weight excluding hydrogens is 186 g/mol. The van der Waals surface area contributed by atoms with Gasteiger partial charge in [-0.3, -0.25) is 9.59 Å². The van der Waals surface area contributed by atoms with Crippen LogP contribution in [0.2, 0.25) is 0 Å². The maximum atomic E-state index is 11.1. The van der Waals surface area contributed by atoms with Crippen molar-refractivity contribution in [2.45, 2.75) is 25.0 Å². The van der Waals surface area contributed by atoms with Gasteiger partial charge < -0.3 is 21.5 Å². The van der Waals surface area contributed by atoms with Crippen molar-refractivity contribution in [3.63, 3.8) is 0 Å². The van der Waals surface area contributed by atoms with Gasteiger partial charge in [-0.05, 0) is 12.8 Å². The Bertz CT molecular complexity index is 228. The Hall–Kier alpha value is -1.14. The zero-order valence-corrected chi connectivity index (χ0v) is 7.82. The summed E-state index contributed by atoms with van der Waals surface area (Å²) in [5.41, 5.74) is 4.81. The van der Waals surface area contributed by atoms with Crippen LogP contribution < -0.4 is 16.4 Å². The molecular formula is C8H15N3O3. The molecule has 0 aliphatic heterocycles. The Morgan fingerprint density at radius 3 is 2.64 bits per heavy atom. The summed E-state index contributed by atoms with van der Waals surface area (Å²) in [7, 11) is 0. The summed E-state index contributed by atoms with van der Waals surface area (Å²) in [4.78, 5) is 21.5. The molecule has 0 bridgehead atoms. The van der Waals surface area contributed by atoms with Crippen molar-refractivity contribution in [3.8, 4) is 0 Å². The third-order valence-electron chi connectivity index (χ3n) is 1.89. The number of nitrogens with two attached hydrogens (primary N) is 1. The van der Waals surface area contributed by atoms with Gasteiger partial charge in [0.05, 0.1) is 6.54 Å². The lowest BCUT2D eigenvalue weighted by Gasteiger charge is -2.08. The van der Waals surface area contributed by atoms with Crippen molar-refractivity contribution < 1.29 is 14.7 Å². The first-order chi connectivity index (χ1) is 6.59. The van der Waals surface area contributed by atoms with Gasteiger partial charge in [0.25, 0.3) is 0 Å².